The van der Waals surface area contributed by atoms with E-state index < -0.39 is 5.82 Å². The number of nitrogens with zero attached hydrogens (tertiary/aromatic N) is 2. The summed E-state index contributed by atoms with van der Waals surface area (Å²) in [6, 6.07) is 10.7. The molecule has 2 aromatic heterocycles. The maximum atomic E-state index is 14.2. The zero-order valence-electron chi connectivity index (χ0n) is 18.3. The summed E-state index contributed by atoms with van der Waals surface area (Å²) in [6.45, 7) is 6.46. The fourth-order valence-electron chi connectivity index (χ4n) is 3.44. The smallest absolute Gasteiger partial charge is 0.232 e. The van der Waals surface area contributed by atoms with Crippen molar-refractivity contribution in [3.8, 4) is 5.88 Å². The number of fused-ring (bicyclic) bond motifs is 1. The van der Waals surface area contributed by atoms with E-state index >= 15 is 0 Å². The van der Waals surface area contributed by atoms with Crippen molar-refractivity contribution < 1.29 is 13.9 Å². The lowest BCUT2D eigenvalue weighted by molar-refractivity contribution is -0.115. The number of rotatable bonds is 6. The van der Waals surface area contributed by atoms with Gasteiger partial charge in [-0.25, -0.2) is 9.37 Å². The van der Waals surface area contributed by atoms with E-state index in [1.807, 2.05) is 12.3 Å². The number of anilines is 1. The van der Waals surface area contributed by atoms with E-state index in [4.69, 9.17) is 4.74 Å². The Morgan fingerprint density at radius 1 is 1.12 bits per heavy atom. The first-order valence-corrected chi connectivity index (χ1v) is 10.4. The molecule has 7 heteroatoms. The van der Waals surface area contributed by atoms with Gasteiger partial charge in [-0.2, -0.15) is 0 Å². The third-order valence-electron chi connectivity index (χ3n) is 5.23. The van der Waals surface area contributed by atoms with Crippen LogP contribution < -0.4 is 10.1 Å². The molecule has 4 aromatic rings. The zero-order valence-corrected chi connectivity index (χ0v) is 18.3. The number of aromatic nitrogens is 3. The second-order valence-electron chi connectivity index (χ2n) is 8.69. The monoisotopic (exact) mass is 432 g/mol. The number of benzene rings is 2. The molecule has 2 heterocycles. The lowest BCUT2D eigenvalue weighted by atomic mass is 9.86. The van der Waals surface area contributed by atoms with Gasteiger partial charge in [0.15, 0.2) is 0 Å². The molecular formula is C25H25FN4O2. The Kier molecular flexibility index (Phi) is 5.90. The van der Waals surface area contributed by atoms with Crippen molar-refractivity contribution in [3.63, 3.8) is 0 Å². The van der Waals surface area contributed by atoms with Crippen molar-refractivity contribution in [2.24, 2.45) is 0 Å². The maximum Gasteiger partial charge on any atom is 0.232 e. The van der Waals surface area contributed by atoms with Gasteiger partial charge in [0.25, 0.3) is 0 Å². The first-order chi connectivity index (χ1) is 15.3. The summed E-state index contributed by atoms with van der Waals surface area (Å²) in [6.07, 6.45) is 6.55. The number of hydrogen-bond donors (Lipinski definition) is 2. The van der Waals surface area contributed by atoms with Gasteiger partial charge in [0.1, 0.15) is 12.4 Å². The van der Waals surface area contributed by atoms with Crippen molar-refractivity contribution in [3.05, 3.63) is 83.7 Å². The van der Waals surface area contributed by atoms with Gasteiger partial charge in [-0.15, -0.1) is 0 Å². The predicted molar refractivity (Wildman–Crippen MR) is 122 cm³/mol. The number of carbonyl (C=O) groups is 1. The molecule has 0 saturated heterocycles. The molecule has 2 N–H and O–H groups in total. The second kappa shape index (κ2) is 8.78. The molecule has 0 atom stereocenters. The van der Waals surface area contributed by atoms with Crippen LogP contribution >= 0.6 is 0 Å². The molecule has 32 heavy (non-hydrogen) atoms. The number of ether oxygens (including phenoxy) is 1. The number of hydrogen-bond acceptors (Lipinski definition) is 4. The van der Waals surface area contributed by atoms with E-state index in [1.54, 1.807) is 6.07 Å². The molecule has 0 unspecified atom stereocenters. The topological polar surface area (TPSA) is 79.9 Å². The van der Waals surface area contributed by atoms with Gasteiger partial charge < -0.3 is 15.0 Å². The fraction of sp³-hybridized carbons (Fsp3) is 0.240. The molecule has 2 aromatic carbocycles. The van der Waals surface area contributed by atoms with Gasteiger partial charge in [-0.1, -0.05) is 26.8 Å². The summed E-state index contributed by atoms with van der Waals surface area (Å²) in [5.41, 5.74) is 3.95. The highest BCUT2D eigenvalue weighted by Gasteiger charge is 2.16. The van der Waals surface area contributed by atoms with Gasteiger partial charge in [0, 0.05) is 40.7 Å². The highest BCUT2D eigenvalue weighted by molar-refractivity contribution is 5.96. The average molecular weight is 432 g/mol. The Balaban J connectivity index is 1.46. The summed E-state index contributed by atoms with van der Waals surface area (Å²) >= 11 is 0. The van der Waals surface area contributed by atoms with Crippen molar-refractivity contribution >= 4 is 22.5 Å². The molecule has 6 nitrogen and oxygen atoms in total. The normalized spacial score (nSPS) is 11.5. The van der Waals surface area contributed by atoms with Crippen LogP contribution in [0.15, 0.2) is 61.2 Å². The highest BCUT2D eigenvalue weighted by Crippen LogP contribution is 2.28. The molecule has 0 radical (unpaired) electrons. The summed E-state index contributed by atoms with van der Waals surface area (Å²) in [7, 11) is 0. The third-order valence-corrected chi connectivity index (χ3v) is 5.23. The maximum absolute atomic E-state index is 14.2. The van der Waals surface area contributed by atoms with Gasteiger partial charge >= 0.3 is 0 Å². The molecule has 0 spiro atoms. The second-order valence-corrected chi connectivity index (χ2v) is 8.69. The molecule has 0 bridgehead atoms. The summed E-state index contributed by atoms with van der Waals surface area (Å²) in [4.78, 5) is 23.9. The van der Waals surface area contributed by atoms with E-state index in [0.29, 0.717) is 17.1 Å². The highest BCUT2D eigenvalue weighted by atomic mass is 19.1. The van der Waals surface area contributed by atoms with Crippen LogP contribution in [0.2, 0.25) is 0 Å². The first-order valence-electron chi connectivity index (χ1n) is 10.4. The molecule has 0 aliphatic rings. The third kappa shape index (κ3) is 4.94. The molecule has 0 aliphatic heterocycles. The standard InChI is InChI=1S/C25H25FN4O2/c1-25(2,3)18-4-7-22-20(12-18)16(13-29-22)11-23(31)30-19-5-6-21(26)17(10-19)15-32-24-14-27-8-9-28-24/h4-10,12-14,29H,11,15H2,1-3H3,(H,30,31). The summed E-state index contributed by atoms with van der Waals surface area (Å²) in [5, 5.41) is 3.88. The van der Waals surface area contributed by atoms with Crippen LogP contribution in [0, 0.1) is 5.82 Å². The SMILES string of the molecule is CC(C)(C)c1ccc2[nH]cc(CC(=O)Nc3ccc(F)c(COc4cnccn4)c3)c2c1. The quantitative estimate of drug-likeness (QED) is 0.441. The van der Waals surface area contributed by atoms with Crippen LogP contribution in [0.25, 0.3) is 10.9 Å². The minimum atomic E-state index is -0.418. The van der Waals surface area contributed by atoms with E-state index in [9.17, 15) is 9.18 Å². The van der Waals surface area contributed by atoms with Crippen LogP contribution in [0.3, 0.4) is 0 Å². The van der Waals surface area contributed by atoms with Crippen LogP contribution in [-0.2, 0) is 23.2 Å². The van der Waals surface area contributed by atoms with Crippen LogP contribution in [-0.4, -0.2) is 20.9 Å². The molecule has 1 amide bonds. The van der Waals surface area contributed by atoms with Crippen molar-refractivity contribution in [1.29, 1.82) is 0 Å². The van der Waals surface area contributed by atoms with Crippen LogP contribution in [0.5, 0.6) is 5.88 Å². The summed E-state index contributed by atoms with van der Waals surface area (Å²) < 4.78 is 19.7. The minimum absolute atomic E-state index is 0.0168. The summed E-state index contributed by atoms with van der Waals surface area (Å²) in [5.74, 6) is -0.298. The van der Waals surface area contributed by atoms with Crippen LogP contribution in [0.4, 0.5) is 10.1 Å². The molecule has 0 saturated carbocycles. The van der Waals surface area contributed by atoms with Crippen LogP contribution in [0.1, 0.15) is 37.5 Å². The minimum Gasteiger partial charge on any atom is -0.472 e. The van der Waals surface area contributed by atoms with Crippen molar-refractivity contribution in [1.82, 2.24) is 15.0 Å². The first kappa shape index (κ1) is 21.5. The molecule has 0 aliphatic carbocycles. The Morgan fingerprint density at radius 3 is 2.72 bits per heavy atom. The Bertz CT molecular complexity index is 1250. The number of carbonyl (C=O) groups excluding carboxylic acids is 1. The lowest BCUT2D eigenvalue weighted by Gasteiger charge is -2.19. The number of amides is 1. The molecule has 0 fully saturated rings. The lowest BCUT2D eigenvalue weighted by Crippen LogP contribution is -2.15. The van der Waals surface area contributed by atoms with Gasteiger partial charge in [-0.05, 0) is 46.9 Å². The number of H-pyrrole nitrogens is 1. The predicted octanol–water partition coefficient (Wildman–Crippen LogP) is 5.15. The average Bonchev–Trinajstić information content (AvgIpc) is 3.16. The Labute approximate surface area is 185 Å². The Hall–Kier alpha value is -3.74. The van der Waals surface area contributed by atoms with Gasteiger partial charge in [-0.3, -0.25) is 9.78 Å². The largest absolute Gasteiger partial charge is 0.472 e. The molecular weight excluding hydrogens is 407 g/mol. The number of halogens is 1. The fourth-order valence-corrected chi connectivity index (χ4v) is 3.44. The van der Waals surface area contributed by atoms with E-state index in [1.165, 1.54) is 36.3 Å². The van der Waals surface area contributed by atoms with Crippen molar-refractivity contribution in [2.45, 2.75) is 39.2 Å². The number of nitrogens with one attached hydrogen (secondary N) is 2. The Morgan fingerprint density at radius 2 is 1.97 bits per heavy atom. The zero-order chi connectivity index (χ0) is 22.7. The van der Waals surface area contributed by atoms with E-state index in [0.717, 1.165) is 16.5 Å². The van der Waals surface area contributed by atoms with E-state index in [2.05, 4.69) is 53.2 Å². The van der Waals surface area contributed by atoms with Gasteiger partial charge in [0.2, 0.25) is 11.8 Å². The van der Waals surface area contributed by atoms with Gasteiger partial charge in [0.05, 0.1) is 12.6 Å². The van der Waals surface area contributed by atoms with E-state index in [-0.39, 0.29) is 24.3 Å². The molecule has 4 rings (SSSR count). The number of aromatic amines is 1. The molecule has 164 valence electrons. The van der Waals surface area contributed by atoms with Crippen molar-refractivity contribution in [2.75, 3.05) is 5.32 Å².